The van der Waals surface area contributed by atoms with Crippen LogP contribution in [0.25, 0.3) is 0 Å². The van der Waals surface area contributed by atoms with Crippen LogP contribution in [-0.2, 0) is 0 Å². The van der Waals surface area contributed by atoms with Gasteiger partial charge in [0, 0.05) is 20.6 Å². The molecule has 1 rings (SSSR count). The Hall–Kier alpha value is -0.140. The average molecular weight is 453 g/mol. The Balaban J connectivity index is 2.81. The second-order valence-corrected chi connectivity index (χ2v) is 7.79. The summed E-state index contributed by atoms with van der Waals surface area (Å²) in [7, 11) is 4.06. The number of nitrogens with zero attached hydrogens (tertiary/aromatic N) is 1. The summed E-state index contributed by atoms with van der Waals surface area (Å²) in [6.07, 6.45) is 0.978. The van der Waals surface area contributed by atoms with Gasteiger partial charge in [-0.15, -0.1) is 0 Å². The van der Waals surface area contributed by atoms with Crippen molar-refractivity contribution in [1.82, 2.24) is 10.2 Å². The van der Waals surface area contributed by atoms with Crippen molar-refractivity contribution in [2.24, 2.45) is 5.92 Å². The van der Waals surface area contributed by atoms with Crippen molar-refractivity contribution in [2.45, 2.75) is 26.3 Å². The van der Waals surface area contributed by atoms with Gasteiger partial charge in [0.05, 0.1) is 5.56 Å². The van der Waals surface area contributed by atoms with E-state index in [1.54, 1.807) is 0 Å². The lowest BCUT2D eigenvalue weighted by molar-refractivity contribution is 0.0923. The predicted octanol–water partition coefficient (Wildman–Crippen LogP) is 3.76. The minimum absolute atomic E-state index is 0.0112. The minimum Gasteiger partial charge on any atom is -0.348 e. The molecule has 1 amide bonds. The highest BCUT2D eigenvalue weighted by molar-refractivity contribution is 14.1. The van der Waals surface area contributed by atoms with Gasteiger partial charge >= 0.3 is 0 Å². The van der Waals surface area contributed by atoms with E-state index in [-0.39, 0.29) is 11.9 Å². The first-order valence-corrected chi connectivity index (χ1v) is 8.57. The van der Waals surface area contributed by atoms with Crippen LogP contribution in [-0.4, -0.2) is 37.5 Å². The Morgan fingerprint density at radius 1 is 1.40 bits per heavy atom. The van der Waals surface area contributed by atoms with E-state index in [2.05, 4.69) is 62.6 Å². The molecule has 1 N–H and O–H groups in total. The highest BCUT2D eigenvalue weighted by atomic mass is 127. The molecule has 0 aliphatic rings. The zero-order chi connectivity index (χ0) is 15.3. The van der Waals surface area contributed by atoms with Gasteiger partial charge in [0.15, 0.2) is 0 Å². The van der Waals surface area contributed by atoms with Crippen molar-refractivity contribution >= 4 is 44.4 Å². The summed E-state index contributed by atoms with van der Waals surface area (Å²) in [5.41, 5.74) is 0.699. The van der Waals surface area contributed by atoms with Crippen molar-refractivity contribution in [3.8, 4) is 0 Å². The Morgan fingerprint density at radius 2 is 2.05 bits per heavy atom. The molecular formula is C15H22BrIN2O. The smallest absolute Gasteiger partial charge is 0.252 e. The van der Waals surface area contributed by atoms with Gasteiger partial charge in [-0.2, -0.15) is 0 Å². The third-order valence-electron chi connectivity index (χ3n) is 2.85. The van der Waals surface area contributed by atoms with Gasteiger partial charge in [-0.25, -0.2) is 0 Å². The lowest BCUT2D eigenvalue weighted by Crippen LogP contribution is -2.42. The molecule has 0 radical (unpaired) electrons. The topological polar surface area (TPSA) is 32.3 Å². The Morgan fingerprint density at radius 3 is 2.60 bits per heavy atom. The Kier molecular flexibility index (Phi) is 7.47. The molecule has 0 aromatic heterocycles. The fourth-order valence-electron chi connectivity index (χ4n) is 2.12. The maximum absolute atomic E-state index is 12.4. The van der Waals surface area contributed by atoms with Gasteiger partial charge in [0.25, 0.3) is 5.91 Å². The van der Waals surface area contributed by atoms with Gasteiger partial charge in [0.2, 0.25) is 0 Å². The zero-order valence-electron chi connectivity index (χ0n) is 12.4. The fraction of sp³-hybridized carbons (Fsp3) is 0.533. The zero-order valence-corrected chi connectivity index (χ0v) is 16.2. The van der Waals surface area contributed by atoms with E-state index in [0.29, 0.717) is 11.5 Å². The van der Waals surface area contributed by atoms with E-state index in [0.717, 1.165) is 21.0 Å². The molecule has 20 heavy (non-hydrogen) atoms. The molecule has 1 atom stereocenters. The van der Waals surface area contributed by atoms with Crippen LogP contribution < -0.4 is 5.32 Å². The molecule has 0 saturated carbocycles. The number of benzene rings is 1. The molecule has 0 fully saturated rings. The largest absolute Gasteiger partial charge is 0.348 e. The van der Waals surface area contributed by atoms with Gasteiger partial charge in [0.1, 0.15) is 0 Å². The lowest BCUT2D eigenvalue weighted by Gasteiger charge is -2.24. The molecule has 0 aliphatic carbocycles. The Labute approximate surface area is 143 Å². The highest BCUT2D eigenvalue weighted by Crippen LogP contribution is 2.20. The number of amides is 1. The van der Waals surface area contributed by atoms with Crippen molar-refractivity contribution in [2.75, 3.05) is 20.6 Å². The standard InChI is InChI=1S/C15H22BrIN2O/c1-10(2)7-12(9-19(3)4)18-15(20)13-8-11(17)5-6-14(13)16/h5-6,8,10,12H,7,9H2,1-4H3,(H,18,20). The van der Waals surface area contributed by atoms with Crippen LogP contribution in [0.15, 0.2) is 22.7 Å². The molecule has 1 aromatic carbocycles. The van der Waals surface area contributed by atoms with Crippen LogP contribution in [0, 0.1) is 9.49 Å². The van der Waals surface area contributed by atoms with E-state index in [4.69, 9.17) is 0 Å². The van der Waals surface area contributed by atoms with Gasteiger partial charge in [-0.1, -0.05) is 13.8 Å². The normalized spacial score (nSPS) is 12.8. The number of nitrogens with one attached hydrogen (secondary N) is 1. The predicted molar refractivity (Wildman–Crippen MR) is 96.1 cm³/mol. The molecule has 0 bridgehead atoms. The maximum atomic E-state index is 12.4. The first kappa shape index (κ1) is 17.9. The number of carbonyl (C=O) groups is 1. The van der Waals surface area contributed by atoms with Gasteiger partial charge < -0.3 is 10.2 Å². The molecule has 3 nitrogen and oxygen atoms in total. The molecule has 0 heterocycles. The highest BCUT2D eigenvalue weighted by Gasteiger charge is 2.17. The average Bonchev–Trinajstić information content (AvgIpc) is 2.30. The third-order valence-corrected chi connectivity index (χ3v) is 4.21. The van der Waals surface area contributed by atoms with Gasteiger partial charge in [-0.05, 0) is 83.2 Å². The molecule has 1 aromatic rings. The molecule has 112 valence electrons. The molecule has 0 saturated heterocycles. The summed E-state index contributed by atoms with van der Waals surface area (Å²) in [4.78, 5) is 14.5. The number of rotatable bonds is 6. The second-order valence-electron chi connectivity index (χ2n) is 5.69. The van der Waals surface area contributed by atoms with Crippen LogP contribution in [0.3, 0.4) is 0 Å². The number of carbonyl (C=O) groups excluding carboxylic acids is 1. The van der Waals surface area contributed by atoms with Crippen LogP contribution >= 0.6 is 38.5 Å². The number of hydrogen-bond acceptors (Lipinski definition) is 2. The maximum Gasteiger partial charge on any atom is 0.252 e. The van der Waals surface area contributed by atoms with Crippen molar-refractivity contribution < 1.29 is 4.79 Å². The first-order valence-electron chi connectivity index (χ1n) is 6.70. The quantitative estimate of drug-likeness (QED) is 0.666. The summed E-state index contributed by atoms with van der Waals surface area (Å²) in [5, 5.41) is 3.15. The van der Waals surface area contributed by atoms with E-state index in [1.807, 2.05) is 32.3 Å². The Bertz CT molecular complexity index is 453. The van der Waals surface area contributed by atoms with Crippen LogP contribution in [0.4, 0.5) is 0 Å². The van der Waals surface area contributed by atoms with Gasteiger partial charge in [-0.3, -0.25) is 4.79 Å². The molecule has 1 unspecified atom stereocenters. The van der Waals surface area contributed by atoms with E-state index >= 15 is 0 Å². The van der Waals surface area contributed by atoms with E-state index < -0.39 is 0 Å². The third kappa shape index (κ3) is 6.10. The number of hydrogen-bond donors (Lipinski definition) is 1. The van der Waals surface area contributed by atoms with Crippen LogP contribution in [0.1, 0.15) is 30.6 Å². The molecule has 0 aliphatic heterocycles. The summed E-state index contributed by atoms with van der Waals surface area (Å²) in [6.45, 7) is 5.21. The summed E-state index contributed by atoms with van der Waals surface area (Å²) >= 11 is 5.67. The molecular weight excluding hydrogens is 431 g/mol. The fourth-order valence-corrected chi connectivity index (χ4v) is 3.04. The van der Waals surface area contributed by atoms with Crippen molar-refractivity contribution in [3.05, 3.63) is 31.8 Å². The van der Waals surface area contributed by atoms with Crippen LogP contribution in [0.2, 0.25) is 0 Å². The molecule has 0 spiro atoms. The van der Waals surface area contributed by atoms with Crippen molar-refractivity contribution in [3.63, 3.8) is 0 Å². The first-order chi connectivity index (χ1) is 9.29. The summed E-state index contributed by atoms with van der Waals surface area (Å²) < 4.78 is 1.90. The van der Waals surface area contributed by atoms with E-state index in [1.165, 1.54) is 0 Å². The van der Waals surface area contributed by atoms with Crippen LogP contribution in [0.5, 0.6) is 0 Å². The van der Waals surface area contributed by atoms with E-state index in [9.17, 15) is 4.79 Å². The number of likely N-dealkylation sites (N-methyl/N-ethyl adjacent to an activating group) is 1. The monoisotopic (exact) mass is 452 g/mol. The second kappa shape index (κ2) is 8.34. The number of halogens is 2. The SMILES string of the molecule is CC(C)CC(CN(C)C)NC(=O)c1cc(I)ccc1Br. The lowest BCUT2D eigenvalue weighted by atomic mass is 10.0. The van der Waals surface area contributed by atoms with Crippen molar-refractivity contribution in [1.29, 1.82) is 0 Å². The minimum atomic E-state index is -0.0112. The molecule has 5 heteroatoms. The summed E-state index contributed by atoms with van der Waals surface area (Å²) in [5.74, 6) is 0.544. The summed E-state index contributed by atoms with van der Waals surface area (Å²) in [6, 6.07) is 5.97.